The molecule has 2 nitrogen and oxygen atoms in total. The molecule has 1 saturated carbocycles. The van der Waals surface area contributed by atoms with E-state index in [4.69, 9.17) is 16.3 Å². The molecule has 1 heterocycles. The van der Waals surface area contributed by atoms with Crippen molar-refractivity contribution in [2.45, 2.75) is 37.7 Å². The van der Waals surface area contributed by atoms with Gasteiger partial charge in [0.2, 0.25) is 0 Å². The average Bonchev–Trinajstić information content (AvgIpc) is 2.36. The Labute approximate surface area is 126 Å². The minimum absolute atomic E-state index is 0.0114. The largest absolute Gasteiger partial charge is 0.375 e. The molecule has 3 rings (SSSR count). The molecule has 0 N–H and O–H groups in total. The van der Waals surface area contributed by atoms with E-state index in [1.165, 1.54) is 6.42 Å². The Hall–Kier alpha value is -0.380. The topological polar surface area (TPSA) is 26.3 Å². The van der Waals surface area contributed by atoms with Crippen LogP contribution in [0.15, 0.2) is 22.7 Å². The van der Waals surface area contributed by atoms with Crippen LogP contribution in [0.25, 0.3) is 0 Å². The van der Waals surface area contributed by atoms with E-state index in [1.54, 1.807) is 12.1 Å². The first-order chi connectivity index (χ1) is 9.10. The van der Waals surface area contributed by atoms with Crippen molar-refractivity contribution in [1.29, 1.82) is 0 Å². The molecule has 1 aromatic carbocycles. The van der Waals surface area contributed by atoms with Gasteiger partial charge in [0.1, 0.15) is 0 Å². The molecule has 2 aliphatic rings. The van der Waals surface area contributed by atoms with E-state index >= 15 is 0 Å². The first-order valence-electron chi connectivity index (χ1n) is 6.73. The number of hydrogen-bond donors (Lipinski definition) is 0. The van der Waals surface area contributed by atoms with Gasteiger partial charge in [-0.3, -0.25) is 4.79 Å². The van der Waals surface area contributed by atoms with Gasteiger partial charge >= 0.3 is 0 Å². The zero-order chi connectivity index (χ0) is 13.5. The maximum atomic E-state index is 12.6. The molecular weight excluding hydrogens is 328 g/mol. The van der Waals surface area contributed by atoms with Gasteiger partial charge in [-0.1, -0.05) is 11.6 Å². The summed E-state index contributed by atoms with van der Waals surface area (Å²) in [6, 6.07) is 5.38. The lowest BCUT2D eigenvalue weighted by Gasteiger charge is -2.46. The third kappa shape index (κ3) is 2.61. The number of ether oxygens (including phenoxy) is 1. The Bertz CT molecular complexity index is 511. The third-order valence-corrected chi connectivity index (χ3v) is 5.22. The molecule has 1 spiro atoms. The Balaban J connectivity index is 1.79. The summed E-state index contributed by atoms with van der Waals surface area (Å²) in [6.07, 6.45) is 5.15. The van der Waals surface area contributed by atoms with Crippen molar-refractivity contribution in [2.75, 3.05) is 6.61 Å². The lowest BCUT2D eigenvalue weighted by molar-refractivity contribution is -0.137. The molecule has 102 valence electrons. The van der Waals surface area contributed by atoms with Gasteiger partial charge in [-0.15, -0.1) is 0 Å². The highest BCUT2D eigenvalue weighted by Crippen LogP contribution is 2.45. The maximum absolute atomic E-state index is 12.6. The number of Topliss-reactive ketones (excluding diaryl/α,β-unsaturated/α-hetero) is 1. The third-order valence-electron chi connectivity index (χ3n) is 4.33. The van der Waals surface area contributed by atoms with Crippen LogP contribution in [0, 0.1) is 5.92 Å². The quantitative estimate of drug-likeness (QED) is 0.732. The highest BCUT2D eigenvalue weighted by molar-refractivity contribution is 9.10. The molecule has 1 aromatic rings. The van der Waals surface area contributed by atoms with Gasteiger partial charge in [0.05, 0.1) is 5.60 Å². The highest BCUT2D eigenvalue weighted by Gasteiger charge is 2.44. The molecule has 1 atom stereocenters. The summed E-state index contributed by atoms with van der Waals surface area (Å²) in [5.41, 5.74) is 0.753. The first kappa shape index (κ1) is 13.6. The van der Waals surface area contributed by atoms with Crippen LogP contribution in [0.5, 0.6) is 0 Å². The molecule has 2 fully saturated rings. The van der Waals surface area contributed by atoms with Crippen molar-refractivity contribution in [3.63, 3.8) is 0 Å². The van der Waals surface area contributed by atoms with Crippen LogP contribution in [0.4, 0.5) is 0 Å². The Morgan fingerprint density at radius 3 is 2.84 bits per heavy atom. The van der Waals surface area contributed by atoms with E-state index in [-0.39, 0.29) is 17.3 Å². The Morgan fingerprint density at radius 2 is 2.21 bits per heavy atom. The van der Waals surface area contributed by atoms with Gasteiger partial charge in [0.25, 0.3) is 0 Å². The maximum Gasteiger partial charge on any atom is 0.167 e. The molecule has 1 aliphatic carbocycles. The summed E-state index contributed by atoms with van der Waals surface area (Å²) in [5, 5.41) is 0.644. The second kappa shape index (κ2) is 5.19. The van der Waals surface area contributed by atoms with Crippen molar-refractivity contribution >= 4 is 33.3 Å². The van der Waals surface area contributed by atoms with Crippen molar-refractivity contribution in [3.8, 4) is 0 Å². The van der Waals surface area contributed by atoms with E-state index < -0.39 is 0 Å². The van der Waals surface area contributed by atoms with Crippen LogP contribution in [-0.4, -0.2) is 18.0 Å². The summed E-state index contributed by atoms with van der Waals surface area (Å²) < 4.78 is 6.67. The predicted molar refractivity (Wildman–Crippen MR) is 78.7 cm³/mol. The first-order valence-corrected chi connectivity index (χ1v) is 7.90. The van der Waals surface area contributed by atoms with Gasteiger partial charge in [-0.25, -0.2) is 0 Å². The molecular formula is C15H16BrClO2. The number of hydrogen-bond acceptors (Lipinski definition) is 2. The summed E-state index contributed by atoms with van der Waals surface area (Å²) in [7, 11) is 0. The number of halogens is 2. The smallest absolute Gasteiger partial charge is 0.167 e. The van der Waals surface area contributed by atoms with E-state index in [0.29, 0.717) is 11.6 Å². The standard InChI is InChI=1S/C15H16BrClO2/c16-13-8-11(17)2-3-12(13)14(18)10-4-7-19-15(9-10)5-1-6-15/h2-3,8,10H,1,4-7,9H2. The average molecular weight is 344 g/mol. The summed E-state index contributed by atoms with van der Waals surface area (Å²) >= 11 is 9.36. The van der Waals surface area contributed by atoms with E-state index in [0.717, 1.165) is 35.7 Å². The predicted octanol–water partition coefficient (Wildman–Crippen LogP) is 4.63. The van der Waals surface area contributed by atoms with E-state index in [1.807, 2.05) is 6.07 Å². The normalized spacial score (nSPS) is 25.1. The number of benzene rings is 1. The van der Waals surface area contributed by atoms with Gasteiger partial charge in [-0.05, 0) is 66.2 Å². The van der Waals surface area contributed by atoms with Crippen LogP contribution < -0.4 is 0 Å². The van der Waals surface area contributed by atoms with Crippen LogP contribution in [-0.2, 0) is 4.74 Å². The Morgan fingerprint density at radius 1 is 1.42 bits per heavy atom. The number of carbonyl (C=O) groups excluding carboxylic acids is 1. The SMILES string of the molecule is O=C(c1ccc(Cl)cc1Br)C1CCOC2(CCC2)C1. The molecule has 0 amide bonds. The summed E-state index contributed by atoms with van der Waals surface area (Å²) in [5.74, 6) is 0.310. The Kier molecular flexibility index (Phi) is 3.71. The molecule has 1 unspecified atom stereocenters. The molecule has 4 heteroatoms. The van der Waals surface area contributed by atoms with Gasteiger partial charge in [-0.2, -0.15) is 0 Å². The summed E-state index contributed by atoms with van der Waals surface area (Å²) in [4.78, 5) is 12.6. The fourth-order valence-corrected chi connectivity index (χ4v) is 3.96. The van der Waals surface area contributed by atoms with Gasteiger partial charge in [0.15, 0.2) is 5.78 Å². The molecule has 0 bridgehead atoms. The van der Waals surface area contributed by atoms with Gasteiger partial charge in [0, 0.05) is 27.6 Å². The minimum atomic E-state index is 0.0114. The van der Waals surface area contributed by atoms with Crippen LogP contribution in [0.3, 0.4) is 0 Å². The number of rotatable bonds is 2. The monoisotopic (exact) mass is 342 g/mol. The van der Waals surface area contributed by atoms with Crippen molar-refractivity contribution in [2.24, 2.45) is 5.92 Å². The molecule has 19 heavy (non-hydrogen) atoms. The number of ketones is 1. The lowest BCUT2D eigenvalue weighted by atomic mass is 9.70. The van der Waals surface area contributed by atoms with Crippen LogP contribution in [0.1, 0.15) is 42.5 Å². The van der Waals surface area contributed by atoms with Crippen molar-refractivity contribution in [3.05, 3.63) is 33.3 Å². The van der Waals surface area contributed by atoms with Gasteiger partial charge < -0.3 is 4.74 Å². The second-order valence-electron chi connectivity index (χ2n) is 5.56. The summed E-state index contributed by atoms with van der Waals surface area (Å²) in [6.45, 7) is 0.710. The zero-order valence-electron chi connectivity index (χ0n) is 10.6. The van der Waals surface area contributed by atoms with E-state index in [9.17, 15) is 4.79 Å². The molecule has 1 aliphatic heterocycles. The molecule has 0 radical (unpaired) electrons. The van der Waals surface area contributed by atoms with Crippen molar-refractivity contribution in [1.82, 2.24) is 0 Å². The lowest BCUT2D eigenvalue weighted by Crippen LogP contribution is -2.47. The number of carbonyl (C=O) groups is 1. The fraction of sp³-hybridized carbons (Fsp3) is 0.533. The minimum Gasteiger partial charge on any atom is -0.375 e. The van der Waals surface area contributed by atoms with Crippen LogP contribution >= 0.6 is 27.5 Å². The van der Waals surface area contributed by atoms with Crippen LogP contribution in [0.2, 0.25) is 5.02 Å². The van der Waals surface area contributed by atoms with E-state index in [2.05, 4.69) is 15.9 Å². The zero-order valence-corrected chi connectivity index (χ0v) is 13.0. The second-order valence-corrected chi connectivity index (χ2v) is 6.85. The molecule has 1 saturated heterocycles. The fourth-order valence-electron chi connectivity index (χ4n) is 3.08. The highest BCUT2D eigenvalue weighted by atomic mass is 79.9. The van der Waals surface area contributed by atoms with Crippen molar-refractivity contribution < 1.29 is 9.53 Å². The molecule has 0 aromatic heterocycles.